The largest absolute Gasteiger partial charge is 0.496 e. The highest BCUT2D eigenvalue weighted by Gasteiger charge is 2.09. The number of amides is 1. The van der Waals surface area contributed by atoms with E-state index >= 15 is 0 Å². The summed E-state index contributed by atoms with van der Waals surface area (Å²) < 4.78 is 6.14. The molecule has 0 aliphatic carbocycles. The van der Waals surface area contributed by atoms with Crippen molar-refractivity contribution in [1.82, 2.24) is 5.32 Å². The van der Waals surface area contributed by atoms with Crippen molar-refractivity contribution in [3.8, 4) is 5.75 Å². The Morgan fingerprint density at radius 3 is 2.71 bits per heavy atom. The molecular formula is C17H18BrNO2. The van der Waals surface area contributed by atoms with Gasteiger partial charge in [0.2, 0.25) is 0 Å². The lowest BCUT2D eigenvalue weighted by Crippen LogP contribution is -2.26. The normalized spacial score (nSPS) is 10.2. The molecule has 2 rings (SSSR count). The lowest BCUT2D eigenvalue weighted by atomic mass is 10.1. The number of hydrogen-bond acceptors (Lipinski definition) is 2. The third-order valence-corrected chi connectivity index (χ3v) is 3.93. The molecule has 0 radical (unpaired) electrons. The summed E-state index contributed by atoms with van der Waals surface area (Å²) in [5.41, 5.74) is 2.93. The van der Waals surface area contributed by atoms with Gasteiger partial charge in [-0.05, 0) is 53.0 Å². The van der Waals surface area contributed by atoms with E-state index in [0.717, 1.165) is 22.2 Å². The summed E-state index contributed by atoms with van der Waals surface area (Å²) in [7, 11) is 1.66. The molecule has 0 unspecified atom stereocenters. The van der Waals surface area contributed by atoms with Crippen LogP contribution in [-0.4, -0.2) is 19.6 Å². The summed E-state index contributed by atoms with van der Waals surface area (Å²) in [4.78, 5) is 12.1. The zero-order valence-electron chi connectivity index (χ0n) is 12.2. The average Bonchev–Trinajstić information content (AvgIpc) is 2.48. The van der Waals surface area contributed by atoms with E-state index in [2.05, 4.69) is 27.3 Å². The van der Waals surface area contributed by atoms with Gasteiger partial charge >= 0.3 is 0 Å². The van der Waals surface area contributed by atoms with E-state index in [4.69, 9.17) is 4.74 Å². The molecule has 1 N–H and O–H groups in total. The predicted octanol–water partition coefficient (Wildman–Crippen LogP) is 3.74. The lowest BCUT2D eigenvalue weighted by Gasteiger charge is -2.11. The molecule has 0 bridgehead atoms. The van der Waals surface area contributed by atoms with E-state index in [-0.39, 0.29) is 5.91 Å². The van der Waals surface area contributed by atoms with Crippen LogP contribution in [0.25, 0.3) is 0 Å². The van der Waals surface area contributed by atoms with Crippen molar-refractivity contribution >= 4 is 21.8 Å². The van der Waals surface area contributed by atoms with E-state index in [1.165, 1.54) is 5.56 Å². The first-order chi connectivity index (χ1) is 10.1. The van der Waals surface area contributed by atoms with Gasteiger partial charge in [-0.2, -0.15) is 0 Å². The Morgan fingerprint density at radius 2 is 2.00 bits per heavy atom. The zero-order chi connectivity index (χ0) is 15.2. The van der Waals surface area contributed by atoms with Crippen LogP contribution in [0.3, 0.4) is 0 Å². The molecule has 2 aromatic rings. The highest BCUT2D eigenvalue weighted by Crippen LogP contribution is 2.20. The van der Waals surface area contributed by atoms with Gasteiger partial charge in [-0.3, -0.25) is 4.79 Å². The van der Waals surface area contributed by atoms with E-state index in [1.807, 2.05) is 37.3 Å². The van der Waals surface area contributed by atoms with Gasteiger partial charge in [0.05, 0.1) is 12.7 Å². The molecule has 0 saturated carbocycles. The van der Waals surface area contributed by atoms with Crippen LogP contribution >= 0.6 is 15.9 Å². The van der Waals surface area contributed by atoms with Crippen molar-refractivity contribution in [2.24, 2.45) is 0 Å². The average molecular weight is 348 g/mol. The summed E-state index contributed by atoms with van der Waals surface area (Å²) in [5.74, 6) is 0.782. The predicted molar refractivity (Wildman–Crippen MR) is 87.9 cm³/mol. The summed E-state index contributed by atoms with van der Waals surface area (Å²) in [6.07, 6.45) is 0.737. The first kappa shape index (κ1) is 15.6. The number of hydrogen-bond donors (Lipinski definition) is 1. The quantitative estimate of drug-likeness (QED) is 0.894. The molecule has 0 heterocycles. The number of ether oxygens (including phenoxy) is 1. The molecule has 2 aromatic carbocycles. The monoisotopic (exact) mass is 347 g/mol. The fourth-order valence-electron chi connectivity index (χ4n) is 2.15. The molecule has 0 atom stereocenters. The van der Waals surface area contributed by atoms with Gasteiger partial charge in [-0.15, -0.1) is 0 Å². The van der Waals surface area contributed by atoms with Crippen LogP contribution in [0.1, 0.15) is 21.5 Å². The lowest BCUT2D eigenvalue weighted by molar-refractivity contribution is 0.0953. The first-order valence-corrected chi connectivity index (χ1v) is 7.57. The third kappa shape index (κ3) is 4.08. The molecule has 110 valence electrons. The Kier molecular flexibility index (Phi) is 5.39. The third-order valence-electron chi connectivity index (χ3n) is 3.23. The molecule has 0 aliphatic heterocycles. The maximum atomic E-state index is 12.1. The minimum atomic E-state index is -0.0749. The number of carbonyl (C=O) groups excluding carboxylic acids is 1. The van der Waals surface area contributed by atoms with Crippen molar-refractivity contribution in [3.63, 3.8) is 0 Å². The van der Waals surface area contributed by atoms with Crippen molar-refractivity contribution in [3.05, 3.63) is 63.6 Å². The highest BCUT2D eigenvalue weighted by molar-refractivity contribution is 9.10. The number of benzene rings is 2. The van der Waals surface area contributed by atoms with Crippen LogP contribution in [0.5, 0.6) is 5.75 Å². The zero-order valence-corrected chi connectivity index (χ0v) is 13.7. The van der Waals surface area contributed by atoms with Gasteiger partial charge in [0, 0.05) is 11.0 Å². The van der Waals surface area contributed by atoms with Crippen LogP contribution < -0.4 is 10.1 Å². The SMILES string of the molecule is COc1ccc(C)cc1CCNC(=O)c1ccccc1Br. The Labute approximate surface area is 133 Å². The van der Waals surface area contributed by atoms with Crippen LogP contribution in [0, 0.1) is 6.92 Å². The van der Waals surface area contributed by atoms with Crippen LogP contribution in [0.15, 0.2) is 46.9 Å². The number of methoxy groups -OCH3 is 1. The van der Waals surface area contributed by atoms with Crippen molar-refractivity contribution in [2.75, 3.05) is 13.7 Å². The van der Waals surface area contributed by atoms with E-state index in [0.29, 0.717) is 12.1 Å². The van der Waals surface area contributed by atoms with Crippen LogP contribution in [-0.2, 0) is 6.42 Å². The summed E-state index contributed by atoms with van der Waals surface area (Å²) in [6, 6.07) is 13.5. The summed E-state index contributed by atoms with van der Waals surface area (Å²) in [5, 5.41) is 2.93. The minimum Gasteiger partial charge on any atom is -0.496 e. The summed E-state index contributed by atoms with van der Waals surface area (Å²) >= 11 is 3.39. The van der Waals surface area contributed by atoms with E-state index < -0.39 is 0 Å². The molecule has 0 spiro atoms. The second kappa shape index (κ2) is 7.27. The first-order valence-electron chi connectivity index (χ1n) is 6.78. The topological polar surface area (TPSA) is 38.3 Å². The van der Waals surface area contributed by atoms with Crippen LogP contribution in [0.4, 0.5) is 0 Å². The fraction of sp³-hybridized carbons (Fsp3) is 0.235. The van der Waals surface area contributed by atoms with E-state index in [1.54, 1.807) is 13.2 Å². The fourth-order valence-corrected chi connectivity index (χ4v) is 2.62. The molecule has 0 saturated heterocycles. The van der Waals surface area contributed by atoms with E-state index in [9.17, 15) is 4.79 Å². The number of aryl methyl sites for hydroxylation is 1. The second-order valence-corrected chi connectivity index (χ2v) is 5.66. The molecule has 4 heteroatoms. The standard InChI is InChI=1S/C17H18BrNO2/c1-12-7-8-16(21-2)13(11-12)9-10-19-17(20)14-5-3-4-6-15(14)18/h3-8,11H,9-10H2,1-2H3,(H,19,20). The van der Waals surface area contributed by atoms with Gasteiger partial charge in [0.25, 0.3) is 5.91 Å². The number of nitrogens with one attached hydrogen (secondary N) is 1. The molecule has 0 fully saturated rings. The molecule has 0 aromatic heterocycles. The smallest absolute Gasteiger partial charge is 0.252 e. The van der Waals surface area contributed by atoms with Gasteiger partial charge in [0.1, 0.15) is 5.75 Å². The van der Waals surface area contributed by atoms with Gasteiger partial charge in [-0.25, -0.2) is 0 Å². The Morgan fingerprint density at radius 1 is 1.24 bits per heavy atom. The molecule has 0 aliphatic rings. The number of halogens is 1. The number of rotatable bonds is 5. The van der Waals surface area contributed by atoms with Crippen molar-refractivity contribution in [1.29, 1.82) is 0 Å². The molecular weight excluding hydrogens is 330 g/mol. The highest BCUT2D eigenvalue weighted by atomic mass is 79.9. The Balaban J connectivity index is 1.97. The maximum absolute atomic E-state index is 12.1. The second-order valence-electron chi connectivity index (χ2n) is 4.80. The Hall–Kier alpha value is -1.81. The van der Waals surface area contributed by atoms with Crippen molar-refractivity contribution in [2.45, 2.75) is 13.3 Å². The maximum Gasteiger partial charge on any atom is 0.252 e. The van der Waals surface area contributed by atoms with Gasteiger partial charge in [0.15, 0.2) is 0 Å². The van der Waals surface area contributed by atoms with Crippen LogP contribution in [0.2, 0.25) is 0 Å². The van der Waals surface area contributed by atoms with Gasteiger partial charge in [-0.1, -0.05) is 29.8 Å². The summed E-state index contributed by atoms with van der Waals surface area (Å²) in [6.45, 7) is 2.61. The Bertz CT molecular complexity index is 640. The molecule has 21 heavy (non-hydrogen) atoms. The molecule has 3 nitrogen and oxygen atoms in total. The minimum absolute atomic E-state index is 0.0749. The van der Waals surface area contributed by atoms with Crippen molar-refractivity contribution < 1.29 is 9.53 Å². The molecule has 1 amide bonds. The number of carbonyl (C=O) groups is 1. The van der Waals surface area contributed by atoms with Gasteiger partial charge < -0.3 is 10.1 Å².